The molecule has 2 atom stereocenters. The van der Waals surface area contributed by atoms with E-state index in [4.69, 9.17) is 18.5 Å². The maximum absolute atomic E-state index is 12.8. The van der Waals surface area contributed by atoms with E-state index in [1.165, 1.54) is 180 Å². The molecule has 0 saturated heterocycles. The summed E-state index contributed by atoms with van der Waals surface area (Å²) in [7, 11) is 1.48. The number of esters is 2. The molecule has 0 aliphatic carbocycles. The van der Waals surface area contributed by atoms with Crippen LogP contribution >= 0.6 is 7.82 Å². The summed E-state index contributed by atoms with van der Waals surface area (Å²) in [5.74, 6) is -0.794. The number of phosphoric ester groups is 1. The van der Waals surface area contributed by atoms with Crippen LogP contribution in [0.25, 0.3) is 0 Å². The third-order valence-electron chi connectivity index (χ3n) is 13.9. The average molecular weight is 1110 g/mol. The monoisotopic (exact) mass is 1110 g/mol. The van der Waals surface area contributed by atoms with Gasteiger partial charge in [-0.3, -0.25) is 18.6 Å². The molecule has 0 aliphatic rings. The minimum absolute atomic E-state index is 0.0299. The molecule has 1 N–H and O–H groups in total. The Morgan fingerprint density at radius 3 is 1.09 bits per heavy atom. The van der Waals surface area contributed by atoms with E-state index in [0.29, 0.717) is 17.4 Å². The number of carbonyl (C=O) groups excluding carboxylic acids is 2. The fraction of sp³-hybridized carbons (Fsp3) is 0.765. The Labute approximate surface area is 481 Å². The van der Waals surface area contributed by atoms with Gasteiger partial charge in [0.25, 0.3) is 0 Å². The standard InChI is InChI=1S/C68H122NO8P/c1-6-8-10-12-14-16-18-20-22-24-26-27-28-29-30-31-32-33-34-35-36-37-38-39-40-41-43-45-47-49-51-53-55-57-59-61-68(71)77-66(65-76-78(72,73)75-63-62-69(3,4)5)64-74-67(70)60-58-56-54-52-50-48-46-44-42-25-23-21-19-17-15-13-11-9-7-2/h8,10,14-17,20-23,26-27,29-30,66H,6-7,9,11-13,18-19,24-25,28,31-65H2,1-5H3/p+1/b10-8-,16-14-,17-15-,22-20-,23-21-,27-26-,30-29-. The summed E-state index contributed by atoms with van der Waals surface area (Å²) in [6.07, 6.45) is 79.6. The second-order valence-electron chi connectivity index (χ2n) is 22.8. The summed E-state index contributed by atoms with van der Waals surface area (Å²) in [6.45, 7) is 4.32. The molecular formula is C68H123NO8P+. The van der Waals surface area contributed by atoms with Gasteiger partial charge in [0, 0.05) is 12.8 Å². The Morgan fingerprint density at radius 2 is 0.731 bits per heavy atom. The van der Waals surface area contributed by atoms with Crippen LogP contribution in [0.1, 0.15) is 284 Å². The average Bonchev–Trinajstić information content (AvgIpc) is 3.41. The van der Waals surface area contributed by atoms with Gasteiger partial charge in [-0.1, -0.05) is 266 Å². The fourth-order valence-electron chi connectivity index (χ4n) is 8.96. The van der Waals surface area contributed by atoms with Gasteiger partial charge in [0.2, 0.25) is 0 Å². The van der Waals surface area contributed by atoms with E-state index in [2.05, 4.69) is 98.9 Å². The number of quaternary nitrogens is 1. The maximum atomic E-state index is 12.8. The lowest BCUT2D eigenvalue weighted by atomic mass is 10.0. The van der Waals surface area contributed by atoms with Gasteiger partial charge >= 0.3 is 19.8 Å². The van der Waals surface area contributed by atoms with Crippen molar-refractivity contribution in [2.75, 3.05) is 47.5 Å². The highest BCUT2D eigenvalue weighted by Crippen LogP contribution is 2.43. The predicted molar refractivity (Wildman–Crippen MR) is 335 cm³/mol. The summed E-state index contributed by atoms with van der Waals surface area (Å²) in [5.41, 5.74) is 0. The van der Waals surface area contributed by atoms with E-state index in [0.717, 1.165) is 70.6 Å². The molecule has 0 saturated carbocycles. The lowest BCUT2D eigenvalue weighted by Crippen LogP contribution is -2.37. The van der Waals surface area contributed by atoms with E-state index in [9.17, 15) is 19.0 Å². The minimum atomic E-state index is -4.39. The maximum Gasteiger partial charge on any atom is 0.472 e. The number of likely N-dealkylation sites (N-methyl/N-ethyl adjacent to an activating group) is 1. The van der Waals surface area contributed by atoms with Gasteiger partial charge in [0.15, 0.2) is 6.10 Å². The molecule has 0 heterocycles. The van der Waals surface area contributed by atoms with Crippen molar-refractivity contribution in [3.63, 3.8) is 0 Å². The molecule has 10 heteroatoms. The van der Waals surface area contributed by atoms with Gasteiger partial charge in [-0.25, -0.2) is 4.57 Å². The zero-order valence-corrected chi connectivity index (χ0v) is 52.3. The number of unbranched alkanes of at least 4 members (excludes halogenated alkanes) is 31. The Morgan fingerprint density at radius 1 is 0.410 bits per heavy atom. The lowest BCUT2D eigenvalue weighted by Gasteiger charge is -2.24. The highest BCUT2D eigenvalue weighted by atomic mass is 31.2. The van der Waals surface area contributed by atoms with Crippen LogP contribution in [-0.2, 0) is 32.7 Å². The largest absolute Gasteiger partial charge is 0.472 e. The summed E-state index contributed by atoms with van der Waals surface area (Å²) in [5, 5.41) is 0. The third-order valence-corrected chi connectivity index (χ3v) is 14.9. The van der Waals surface area contributed by atoms with Gasteiger partial charge in [-0.05, 0) is 89.9 Å². The second-order valence-corrected chi connectivity index (χ2v) is 24.2. The van der Waals surface area contributed by atoms with Crippen molar-refractivity contribution in [1.82, 2.24) is 0 Å². The van der Waals surface area contributed by atoms with Crippen molar-refractivity contribution >= 4 is 19.8 Å². The molecular weight excluding hydrogens is 990 g/mol. The number of hydrogen-bond acceptors (Lipinski definition) is 7. The Bertz CT molecular complexity index is 1590. The predicted octanol–water partition coefficient (Wildman–Crippen LogP) is 20.6. The number of hydrogen-bond donors (Lipinski definition) is 1. The van der Waals surface area contributed by atoms with Crippen LogP contribution in [-0.4, -0.2) is 74.9 Å². The van der Waals surface area contributed by atoms with Gasteiger partial charge in [-0.15, -0.1) is 0 Å². The molecule has 78 heavy (non-hydrogen) atoms. The van der Waals surface area contributed by atoms with Crippen molar-refractivity contribution in [1.29, 1.82) is 0 Å². The number of carbonyl (C=O) groups is 2. The highest BCUT2D eigenvalue weighted by Gasteiger charge is 2.27. The van der Waals surface area contributed by atoms with Crippen LogP contribution < -0.4 is 0 Å². The van der Waals surface area contributed by atoms with Crippen LogP contribution in [0.3, 0.4) is 0 Å². The molecule has 0 radical (unpaired) electrons. The topological polar surface area (TPSA) is 108 Å². The van der Waals surface area contributed by atoms with E-state index >= 15 is 0 Å². The summed E-state index contributed by atoms with van der Waals surface area (Å²) < 4.78 is 34.6. The van der Waals surface area contributed by atoms with E-state index < -0.39 is 26.5 Å². The van der Waals surface area contributed by atoms with Crippen molar-refractivity contribution in [2.24, 2.45) is 0 Å². The molecule has 0 aromatic rings. The molecule has 0 rings (SSSR count). The first-order valence-electron chi connectivity index (χ1n) is 32.3. The molecule has 0 amide bonds. The molecule has 0 aromatic heterocycles. The van der Waals surface area contributed by atoms with Crippen molar-refractivity contribution in [3.05, 3.63) is 85.1 Å². The first kappa shape index (κ1) is 75.2. The van der Waals surface area contributed by atoms with Gasteiger partial charge in [0.1, 0.15) is 19.8 Å². The molecule has 452 valence electrons. The SMILES string of the molecule is CC/C=C\C/C=C\C/C=C\C/C=C\C/C=C\CCCCCCCCCCCCCCCCCCCCCC(=O)OC(COC(=O)CCCCCCCCCCC/C=C\C/C=C\CCCCC)COP(=O)(O)OCC[N+](C)(C)C. The van der Waals surface area contributed by atoms with E-state index in [1.807, 2.05) is 21.1 Å². The number of phosphoric acid groups is 1. The fourth-order valence-corrected chi connectivity index (χ4v) is 9.70. The molecule has 0 aromatic carbocycles. The molecule has 0 aliphatic heterocycles. The smallest absolute Gasteiger partial charge is 0.462 e. The van der Waals surface area contributed by atoms with Crippen LogP contribution in [0.5, 0.6) is 0 Å². The molecule has 2 unspecified atom stereocenters. The number of rotatable bonds is 59. The number of nitrogens with zero attached hydrogens (tertiary/aromatic N) is 1. The molecule has 0 spiro atoms. The van der Waals surface area contributed by atoms with Crippen molar-refractivity contribution in [3.8, 4) is 0 Å². The Balaban J connectivity index is 4.02. The Hall–Kier alpha value is -2.81. The van der Waals surface area contributed by atoms with Crippen LogP contribution in [0.4, 0.5) is 0 Å². The zero-order valence-electron chi connectivity index (χ0n) is 51.4. The Kier molecular flexibility index (Phi) is 56.7. The quantitative estimate of drug-likeness (QED) is 0.0211. The van der Waals surface area contributed by atoms with Gasteiger partial charge in [-0.2, -0.15) is 0 Å². The zero-order chi connectivity index (χ0) is 57.0. The van der Waals surface area contributed by atoms with Crippen LogP contribution in [0.2, 0.25) is 0 Å². The minimum Gasteiger partial charge on any atom is -0.462 e. The van der Waals surface area contributed by atoms with Gasteiger partial charge in [0.05, 0.1) is 27.7 Å². The first-order chi connectivity index (χ1) is 38.0. The number of allylic oxidation sites excluding steroid dienone is 14. The van der Waals surface area contributed by atoms with Gasteiger partial charge < -0.3 is 18.9 Å². The second kappa shape index (κ2) is 58.8. The third kappa shape index (κ3) is 62.4. The molecule has 9 nitrogen and oxygen atoms in total. The lowest BCUT2D eigenvalue weighted by molar-refractivity contribution is -0.870. The van der Waals surface area contributed by atoms with Crippen molar-refractivity contribution in [2.45, 2.75) is 290 Å². The number of ether oxygens (including phenoxy) is 2. The van der Waals surface area contributed by atoms with Crippen LogP contribution in [0, 0.1) is 0 Å². The molecule has 0 bridgehead atoms. The normalized spacial score (nSPS) is 13.8. The summed E-state index contributed by atoms with van der Waals surface area (Å²) in [6, 6.07) is 0. The van der Waals surface area contributed by atoms with E-state index in [-0.39, 0.29) is 32.0 Å². The first-order valence-corrected chi connectivity index (χ1v) is 33.8. The highest BCUT2D eigenvalue weighted by molar-refractivity contribution is 7.47. The van der Waals surface area contributed by atoms with Crippen LogP contribution in [0.15, 0.2) is 85.1 Å². The summed E-state index contributed by atoms with van der Waals surface area (Å²) >= 11 is 0. The summed E-state index contributed by atoms with van der Waals surface area (Å²) in [4.78, 5) is 35.8. The van der Waals surface area contributed by atoms with Crippen molar-refractivity contribution < 1.29 is 42.1 Å². The molecule has 0 fully saturated rings. The van der Waals surface area contributed by atoms with E-state index in [1.54, 1.807) is 0 Å².